The Kier molecular flexibility index (Phi) is 9.38. The van der Waals surface area contributed by atoms with Crippen LogP contribution in [0.5, 0.6) is 11.6 Å². The van der Waals surface area contributed by atoms with E-state index >= 15 is 0 Å². The molecule has 1 fully saturated rings. The Morgan fingerprint density at radius 1 is 0.955 bits per heavy atom. The Labute approximate surface area is 263 Å². The summed E-state index contributed by atoms with van der Waals surface area (Å²) >= 11 is 6.86. The molecule has 5 rings (SSSR count). The van der Waals surface area contributed by atoms with Crippen LogP contribution in [0.15, 0.2) is 77.7 Å². The van der Waals surface area contributed by atoms with Gasteiger partial charge in [-0.2, -0.15) is 4.98 Å². The molecule has 1 saturated heterocycles. The molecular weight excluding hydrogens is 600 g/mol. The second-order valence-corrected chi connectivity index (χ2v) is 13.0. The van der Waals surface area contributed by atoms with Gasteiger partial charge in [-0.1, -0.05) is 61.8 Å². The number of nitrogens with one attached hydrogen (secondary N) is 2. The summed E-state index contributed by atoms with van der Waals surface area (Å²) in [5.74, 6) is 0.200. The summed E-state index contributed by atoms with van der Waals surface area (Å²) < 4.78 is 35.6. The van der Waals surface area contributed by atoms with E-state index in [-0.39, 0.29) is 28.5 Å². The van der Waals surface area contributed by atoms with E-state index in [4.69, 9.17) is 16.3 Å². The van der Waals surface area contributed by atoms with Gasteiger partial charge in [0.05, 0.1) is 16.3 Å². The van der Waals surface area contributed by atoms with Crippen LogP contribution >= 0.6 is 11.6 Å². The molecule has 0 atom stereocenters. The number of ether oxygens (including phenoxy) is 1. The van der Waals surface area contributed by atoms with Crippen LogP contribution in [0.3, 0.4) is 0 Å². The highest BCUT2D eigenvalue weighted by Gasteiger charge is 2.22. The molecule has 0 saturated carbocycles. The number of nitrogens with zero attached hydrogens (tertiary/aromatic N) is 4. The largest absolute Gasteiger partial charge is 0.437 e. The highest BCUT2D eigenvalue weighted by molar-refractivity contribution is 7.92. The van der Waals surface area contributed by atoms with E-state index < -0.39 is 10.0 Å². The van der Waals surface area contributed by atoms with Gasteiger partial charge in [0.2, 0.25) is 17.7 Å². The van der Waals surface area contributed by atoms with E-state index in [2.05, 4.69) is 50.7 Å². The second-order valence-electron chi connectivity index (χ2n) is 11.0. The molecule has 10 nitrogen and oxygen atoms in total. The summed E-state index contributed by atoms with van der Waals surface area (Å²) in [6.07, 6.45) is 0. The molecule has 0 radical (unpaired) electrons. The van der Waals surface area contributed by atoms with Gasteiger partial charge in [0, 0.05) is 50.4 Å². The first-order valence-electron chi connectivity index (χ1n) is 14.3. The third kappa shape index (κ3) is 7.29. The van der Waals surface area contributed by atoms with Gasteiger partial charge >= 0.3 is 0 Å². The highest BCUT2D eigenvalue weighted by Crippen LogP contribution is 2.38. The second kappa shape index (κ2) is 13.2. The maximum Gasteiger partial charge on any atom is 0.264 e. The number of anilines is 3. The van der Waals surface area contributed by atoms with Crippen molar-refractivity contribution in [1.29, 1.82) is 0 Å². The standard InChI is InChI=1S/C32H35ClN6O4S/c1-21(2)25-11-5-6-12-26(25)27-20-30(43-29-14-8-13-28(31(29)33)39-17-15-38(4)16-18-39)36-32(35-27)37-44(41,42)24-10-7-9-23(19-24)34-22(3)40/h5-14,19-21H,15-18H2,1-4H3,(H,34,40)(H,35,36,37). The number of likely N-dealkylation sites (N-methyl/N-ethyl adjacent to an activating group) is 1. The molecule has 1 aromatic heterocycles. The molecule has 1 aliphatic heterocycles. The van der Waals surface area contributed by atoms with Crippen LogP contribution in [0.1, 0.15) is 32.3 Å². The SMILES string of the molecule is CC(=O)Nc1cccc(S(=O)(=O)Nc2nc(Oc3cccc(N4CCN(C)CC4)c3Cl)cc(-c3ccccc3C(C)C)n2)c1. The Hall–Kier alpha value is -4.19. The van der Waals surface area contributed by atoms with Crippen LogP contribution in [0, 0.1) is 0 Å². The highest BCUT2D eigenvalue weighted by atomic mass is 35.5. The molecule has 2 N–H and O–H groups in total. The summed E-state index contributed by atoms with van der Waals surface area (Å²) in [6, 6.07) is 21.0. The number of carbonyl (C=O) groups excluding carboxylic acids is 1. The summed E-state index contributed by atoms with van der Waals surface area (Å²) in [6.45, 7) is 9.00. The number of piperazine rings is 1. The van der Waals surface area contributed by atoms with Crippen molar-refractivity contribution in [2.45, 2.75) is 31.6 Å². The number of rotatable bonds is 9. The first kappa shape index (κ1) is 31.2. The number of sulfonamides is 1. The maximum absolute atomic E-state index is 13.5. The molecule has 2 heterocycles. The zero-order valence-electron chi connectivity index (χ0n) is 25.0. The van der Waals surface area contributed by atoms with Crippen molar-refractivity contribution >= 4 is 44.9 Å². The fourth-order valence-electron chi connectivity index (χ4n) is 5.00. The first-order chi connectivity index (χ1) is 21.0. The average molecular weight is 635 g/mol. The number of carbonyl (C=O) groups is 1. The van der Waals surface area contributed by atoms with Crippen LogP contribution in [0.25, 0.3) is 11.3 Å². The first-order valence-corrected chi connectivity index (χ1v) is 16.1. The van der Waals surface area contributed by atoms with Crippen molar-refractivity contribution in [3.05, 3.63) is 83.4 Å². The van der Waals surface area contributed by atoms with Crippen molar-refractivity contribution in [3.63, 3.8) is 0 Å². The number of hydrogen-bond donors (Lipinski definition) is 2. The van der Waals surface area contributed by atoms with Gasteiger partial charge in [-0.05, 0) is 48.9 Å². The number of amides is 1. The van der Waals surface area contributed by atoms with Gasteiger partial charge in [-0.3, -0.25) is 4.79 Å². The summed E-state index contributed by atoms with van der Waals surface area (Å²) in [5.41, 5.74) is 3.54. The van der Waals surface area contributed by atoms with E-state index in [1.54, 1.807) is 24.3 Å². The van der Waals surface area contributed by atoms with E-state index in [0.29, 0.717) is 22.2 Å². The van der Waals surface area contributed by atoms with E-state index in [1.807, 2.05) is 36.4 Å². The average Bonchev–Trinajstić information content (AvgIpc) is 2.98. The third-order valence-corrected chi connectivity index (χ3v) is 8.96. The van der Waals surface area contributed by atoms with Crippen molar-refractivity contribution in [2.75, 3.05) is 48.2 Å². The lowest BCUT2D eigenvalue weighted by Crippen LogP contribution is -2.44. The number of benzene rings is 3. The van der Waals surface area contributed by atoms with Crippen molar-refractivity contribution in [1.82, 2.24) is 14.9 Å². The fourth-order valence-corrected chi connectivity index (χ4v) is 6.27. The third-order valence-electron chi connectivity index (χ3n) is 7.25. The lowest BCUT2D eigenvalue weighted by molar-refractivity contribution is -0.114. The van der Waals surface area contributed by atoms with Gasteiger partial charge in [0.1, 0.15) is 10.8 Å². The predicted molar refractivity (Wildman–Crippen MR) is 174 cm³/mol. The van der Waals surface area contributed by atoms with Crippen LogP contribution in [0.2, 0.25) is 5.02 Å². The van der Waals surface area contributed by atoms with Crippen LogP contribution < -0.4 is 19.7 Å². The Morgan fingerprint density at radius 2 is 1.68 bits per heavy atom. The lowest BCUT2D eigenvalue weighted by Gasteiger charge is -2.34. The normalized spacial score (nSPS) is 14.0. The molecule has 4 aromatic rings. The molecule has 230 valence electrons. The quantitative estimate of drug-likeness (QED) is 0.223. The smallest absolute Gasteiger partial charge is 0.264 e. The molecule has 0 bridgehead atoms. The number of halogens is 1. The molecule has 1 amide bonds. The fraction of sp³-hybridized carbons (Fsp3) is 0.281. The molecule has 12 heteroatoms. The number of aromatic nitrogens is 2. The van der Waals surface area contributed by atoms with Gasteiger partial charge in [0.25, 0.3) is 10.0 Å². The molecule has 1 aliphatic rings. The Balaban J connectivity index is 1.54. The predicted octanol–water partition coefficient (Wildman–Crippen LogP) is 6.22. The van der Waals surface area contributed by atoms with Crippen molar-refractivity contribution < 1.29 is 17.9 Å². The van der Waals surface area contributed by atoms with Crippen molar-refractivity contribution in [2.24, 2.45) is 0 Å². The maximum atomic E-state index is 13.5. The van der Waals surface area contributed by atoms with E-state index in [9.17, 15) is 13.2 Å². The van der Waals surface area contributed by atoms with Gasteiger partial charge < -0.3 is 19.9 Å². The molecular formula is C32H35ClN6O4S. The summed E-state index contributed by atoms with van der Waals surface area (Å²) in [7, 11) is -2.05. The van der Waals surface area contributed by atoms with E-state index in [1.165, 1.54) is 19.1 Å². The zero-order chi connectivity index (χ0) is 31.4. The molecule has 0 aliphatic carbocycles. The Morgan fingerprint density at radius 3 is 2.41 bits per heavy atom. The van der Waals surface area contributed by atoms with Crippen LogP contribution in [0.4, 0.5) is 17.3 Å². The minimum absolute atomic E-state index is 0.0641. The molecule has 0 spiro atoms. The van der Waals surface area contributed by atoms with Gasteiger partial charge in [-0.15, -0.1) is 0 Å². The Bertz CT molecular complexity index is 1770. The minimum Gasteiger partial charge on any atom is -0.437 e. The summed E-state index contributed by atoms with van der Waals surface area (Å²) in [5, 5.41) is 3.04. The van der Waals surface area contributed by atoms with Gasteiger partial charge in [-0.25, -0.2) is 18.1 Å². The summed E-state index contributed by atoms with van der Waals surface area (Å²) in [4.78, 5) is 25.0. The molecule has 3 aromatic carbocycles. The topological polar surface area (TPSA) is 117 Å². The monoisotopic (exact) mass is 634 g/mol. The van der Waals surface area contributed by atoms with Crippen molar-refractivity contribution in [3.8, 4) is 22.9 Å². The lowest BCUT2D eigenvalue weighted by atomic mass is 9.95. The minimum atomic E-state index is -4.14. The van der Waals surface area contributed by atoms with Crippen LogP contribution in [-0.4, -0.2) is 62.4 Å². The zero-order valence-corrected chi connectivity index (χ0v) is 26.6. The van der Waals surface area contributed by atoms with E-state index in [0.717, 1.165) is 43.0 Å². The number of hydrogen-bond acceptors (Lipinski definition) is 8. The van der Waals surface area contributed by atoms with Crippen LogP contribution in [-0.2, 0) is 14.8 Å². The van der Waals surface area contributed by atoms with Gasteiger partial charge in [0.15, 0.2) is 0 Å². The molecule has 44 heavy (non-hydrogen) atoms. The molecule has 0 unspecified atom stereocenters.